The number of phenolic OH excluding ortho intramolecular Hbond substituents is 2. The van der Waals surface area contributed by atoms with Crippen molar-refractivity contribution in [1.82, 2.24) is 4.90 Å². The van der Waals surface area contributed by atoms with Crippen LogP contribution < -0.4 is 0 Å². The molecular weight excluding hydrogens is 402 g/mol. The molecule has 2 aromatic rings. The number of morpholine rings is 1. The summed E-state index contributed by atoms with van der Waals surface area (Å²) in [7, 11) is 0. The molecule has 1 aliphatic carbocycles. The molecule has 0 amide bonds. The molecule has 8 heteroatoms. The summed E-state index contributed by atoms with van der Waals surface area (Å²) in [6.07, 6.45) is 1.56. The quantitative estimate of drug-likeness (QED) is 0.456. The summed E-state index contributed by atoms with van der Waals surface area (Å²) < 4.78 is 10.6. The monoisotopic (exact) mass is 425 g/mol. The van der Waals surface area contributed by atoms with Gasteiger partial charge in [0.05, 0.1) is 36.5 Å². The van der Waals surface area contributed by atoms with E-state index in [0.29, 0.717) is 6.42 Å². The molecule has 4 rings (SSSR count). The van der Waals surface area contributed by atoms with Crippen LogP contribution >= 0.6 is 0 Å². The van der Waals surface area contributed by atoms with E-state index in [2.05, 4.69) is 4.90 Å². The molecule has 0 radical (unpaired) electrons. The van der Waals surface area contributed by atoms with Gasteiger partial charge in [-0.3, -0.25) is 14.5 Å². The van der Waals surface area contributed by atoms with Crippen LogP contribution in [0.4, 0.5) is 0 Å². The number of hydrogen-bond acceptors (Lipinski definition) is 8. The van der Waals surface area contributed by atoms with Crippen molar-refractivity contribution in [3.05, 3.63) is 58.1 Å². The zero-order valence-electron chi connectivity index (χ0n) is 16.9. The number of phenols is 2. The Balaban J connectivity index is 1.43. The molecule has 1 fully saturated rings. The lowest BCUT2D eigenvalue weighted by Crippen LogP contribution is -2.36. The Kier molecular flexibility index (Phi) is 6.01. The van der Waals surface area contributed by atoms with E-state index in [1.165, 1.54) is 24.3 Å². The van der Waals surface area contributed by atoms with E-state index in [0.717, 1.165) is 45.3 Å². The highest BCUT2D eigenvalue weighted by Gasteiger charge is 2.35. The molecule has 8 nitrogen and oxygen atoms in total. The molecule has 2 aliphatic rings. The van der Waals surface area contributed by atoms with Crippen molar-refractivity contribution >= 4 is 17.5 Å². The number of rotatable bonds is 6. The van der Waals surface area contributed by atoms with Gasteiger partial charge in [-0.15, -0.1) is 0 Å². The largest absolute Gasteiger partial charge is 0.507 e. The lowest BCUT2D eigenvalue weighted by atomic mass is 9.82. The number of ketones is 2. The van der Waals surface area contributed by atoms with Gasteiger partial charge in [-0.2, -0.15) is 0 Å². The van der Waals surface area contributed by atoms with E-state index in [9.17, 15) is 24.6 Å². The molecule has 2 N–H and O–H groups in total. The zero-order valence-corrected chi connectivity index (χ0v) is 16.9. The average Bonchev–Trinajstić information content (AvgIpc) is 2.77. The predicted octanol–water partition coefficient (Wildman–Crippen LogP) is 2.14. The molecule has 0 spiro atoms. The molecule has 1 heterocycles. The third-order valence-corrected chi connectivity index (χ3v) is 5.54. The third kappa shape index (κ3) is 4.17. The number of ether oxygens (including phenoxy) is 2. The lowest BCUT2D eigenvalue weighted by molar-refractivity contribution is 0.0348. The fourth-order valence-electron chi connectivity index (χ4n) is 3.91. The van der Waals surface area contributed by atoms with Crippen LogP contribution in [0.25, 0.3) is 0 Å². The van der Waals surface area contributed by atoms with Gasteiger partial charge in [0.1, 0.15) is 11.5 Å². The Bertz CT molecular complexity index is 1040. The van der Waals surface area contributed by atoms with Crippen molar-refractivity contribution in [3.8, 4) is 11.5 Å². The second-order valence-corrected chi connectivity index (χ2v) is 7.57. The van der Waals surface area contributed by atoms with Gasteiger partial charge >= 0.3 is 5.97 Å². The number of carbonyl (C=O) groups excluding carboxylic acids is 3. The van der Waals surface area contributed by atoms with E-state index in [-0.39, 0.29) is 40.2 Å². The number of aromatic hydroxyl groups is 2. The van der Waals surface area contributed by atoms with Crippen molar-refractivity contribution in [3.63, 3.8) is 0 Å². The molecule has 162 valence electrons. The summed E-state index contributed by atoms with van der Waals surface area (Å²) in [5.41, 5.74) is -0.422. The van der Waals surface area contributed by atoms with Crippen molar-refractivity contribution < 1.29 is 34.1 Å². The van der Waals surface area contributed by atoms with Crippen molar-refractivity contribution in [2.24, 2.45) is 0 Å². The molecule has 0 saturated carbocycles. The number of fused-ring (bicyclic) bond motifs is 2. The summed E-state index contributed by atoms with van der Waals surface area (Å²) >= 11 is 0. The fourth-order valence-corrected chi connectivity index (χ4v) is 3.91. The minimum atomic E-state index is -0.675. The molecule has 2 aromatic carbocycles. The summed E-state index contributed by atoms with van der Waals surface area (Å²) in [5, 5.41) is 20.4. The van der Waals surface area contributed by atoms with Gasteiger partial charge in [0.25, 0.3) is 0 Å². The van der Waals surface area contributed by atoms with E-state index < -0.39 is 23.3 Å². The maximum absolute atomic E-state index is 12.8. The molecule has 31 heavy (non-hydrogen) atoms. The lowest BCUT2D eigenvalue weighted by Gasteiger charge is -2.26. The van der Waals surface area contributed by atoms with Crippen molar-refractivity contribution in [2.75, 3.05) is 39.5 Å². The zero-order chi connectivity index (χ0) is 22.0. The minimum absolute atomic E-state index is 0.00539. The Morgan fingerprint density at radius 3 is 2.48 bits per heavy atom. The van der Waals surface area contributed by atoms with Crippen LogP contribution in [0.3, 0.4) is 0 Å². The number of esters is 1. The Labute approximate surface area is 179 Å². The summed E-state index contributed by atoms with van der Waals surface area (Å²) in [5.74, 6) is -2.71. The maximum atomic E-state index is 12.8. The first-order valence-electron chi connectivity index (χ1n) is 10.2. The number of unbranched alkanes of at least 4 members (excludes halogenated alkanes) is 1. The minimum Gasteiger partial charge on any atom is -0.507 e. The smallest absolute Gasteiger partial charge is 0.338 e. The molecule has 0 aromatic heterocycles. The topological polar surface area (TPSA) is 113 Å². The number of nitrogens with zero attached hydrogens (tertiary/aromatic N) is 1. The Morgan fingerprint density at radius 1 is 0.968 bits per heavy atom. The van der Waals surface area contributed by atoms with Crippen molar-refractivity contribution in [2.45, 2.75) is 12.8 Å². The Hall–Kier alpha value is -3.23. The average molecular weight is 425 g/mol. The fraction of sp³-hybridized carbons (Fsp3) is 0.348. The first kappa shape index (κ1) is 21.0. The van der Waals surface area contributed by atoms with Gasteiger partial charge in [0, 0.05) is 24.2 Å². The Morgan fingerprint density at radius 2 is 1.71 bits per heavy atom. The standard InChI is InChI=1S/C23H23NO7/c25-17-5-3-4-15-19(17)22(28)20-16(21(15)27)12-14(13-18(20)26)23(29)31-9-2-1-6-24-7-10-30-11-8-24/h3-5,12-13,25-26H,1-2,6-11H2. The highest BCUT2D eigenvalue weighted by atomic mass is 16.5. The second-order valence-electron chi connectivity index (χ2n) is 7.57. The van der Waals surface area contributed by atoms with Crippen LogP contribution in [-0.2, 0) is 9.47 Å². The van der Waals surface area contributed by atoms with Gasteiger partial charge in [0.15, 0.2) is 5.78 Å². The third-order valence-electron chi connectivity index (χ3n) is 5.54. The van der Waals surface area contributed by atoms with E-state index in [4.69, 9.17) is 9.47 Å². The van der Waals surface area contributed by atoms with Gasteiger partial charge in [0.2, 0.25) is 5.78 Å². The van der Waals surface area contributed by atoms with Gasteiger partial charge in [-0.25, -0.2) is 4.79 Å². The normalized spacial score (nSPS) is 16.0. The highest BCUT2D eigenvalue weighted by Crippen LogP contribution is 2.37. The first-order valence-corrected chi connectivity index (χ1v) is 10.2. The molecule has 1 aliphatic heterocycles. The number of carbonyl (C=O) groups is 3. The van der Waals surface area contributed by atoms with Crippen molar-refractivity contribution in [1.29, 1.82) is 0 Å². The second kappa shape index (κ2) is 8.87. The molecule has 0 atom stereocenters. The summed E-state index contributed by atoms with van der Waals surface area (Å²) in [4.78, 5) is 40.3. The SMILES string of the molecule is O=C(OCCCCN1CCOCC1)c1cc(O)c2c(c1)C(=O)c1cccc(O)c1C2=O. The van der Waals surface area contributed by atoms with Crippen LogP contribution in [0.5, 0.6) is 11.5 Å². The van der Waals surface area contributed by atoms with E-state index in [1.54, 1.807) is 0 Å². The van der Waals surface area contributed by atoms with Crippen LogP contribution in [0.15, 0.2) is 30.3 Å². The highest BCUT2D eigenvalue weighted by molar-refractivity contribution is 6.30. The predicted molar refractivity (Wildman–Crippen MR) is 110 cm³/mol. The number of hydrogen-bond donors (Lipinski definition) is 2. The van der Waals surface area contributed by atoms with Crippen LogP contribution in [-0.4, -0.2) is 72.1 Å². The van der Waals surface area contributed by atoms with Gasteiger partial charge in [-0.05, 0) is 37.6 Å². The molecule has 0 unspecified atom stereocenters. The first-order chi connectivity index (χ1) is 15.0. The van der Waals surface area contributed by atoms with Crippen LogP contribution in [0.2, 0.25) is 0 Å². The van der Waals surface area contributed by atoms with Gasteiger partial charge in [-0.1, -0.05) is 12.1 Å². The van der Waals surface area contributed by atoms with Crippen LogP contribution in [0, 0.1) is 0 Å². The maximum Gasteiger partial charge on any atom is 0.338 e. The van der Waals surface area contributed by atoms with Gasteiger partial charge < -0.3 is 19.7 Å². The van der Waals surface area contributed by atoms with E-state index >= 15 is 0 Å². The summed E-state index contributed by atoms with van der Waals surface area (Å²) in [6, 6.07) is 6.56. The number of benzene rings is 2. The summed E-state index contributed by atoms with van der Waals surface area (Å²) in [6.45, 7) is 4.40. The van der Waals surface area contributed by atoms with Crippen LogP contribution in [0.1, 0.15) is 55.0 Å². The molecule has 0 bridgehead atoms. The molecule has 1 saturated heterocycles. The van der Waals surface area contributed by atoms with E-state index in [1.807, 2.05) is 0 Å². The molecular formula is C23H23NO7.